The van der Waals surface area contributed by atoms with E-state index in [1.165, 1.54) is 12.7 Å². The average Bonchev–Trinajstić information content (AvgIpc) is 2.49. The molecule has 1 aliphatic rings. The van der Waals surface area contributed by atoms with Crippen molar-refractivity contribution in [1.29, 1.82) is 0 Å². The monoisotopic (exact) mass is 277 g/mol. The number of carbonyl (C=O) groups excluding carboxylic acids is 1. The van der Waals surface area contributed by atoms with Gasteiger partial charge in [0.15, 0.2) is 0 Å². The van der Waals surface area contributed by atoms with Gasteiger partial charge in [-0.2, -0.15) is 0 Å². The van der Waals surface area contributed by atoms with Crippen LogP contribution in [0.4, 0.5) is 0 Å². The predicted octanol–water partition coefficient (Wildman–Crippen LogP) is 2.09. The second-order valence-corrected chi connectivity index (χ2v) is 5.34. The fourth-order valence-electron chi connectivity index (χ4n) is 2.64. The number of hydrogen-bond donors (Lipinski definition) is 0. The van der Waals surface area contributed by atoms with Crippen molar-refractivity contribution in [3.05, 3.63) is 35.9 Å². The van der Waals surface area contributed by atoms with Crippen molar-refractivity contribution < 1.29 is 14.3 Å². The number of hydrogen-bond acceptors (Lipinski definition) is 4. The topological polar surface area (TPSA) is 38.8 Å². The lowest BCUT2D eigenvalue weighted by Gasteiger charge is -2.36. The summed E-state index contributed by atoms with van der Waals surface area (Å²) in [5.41, 5.74) is 1.30. The molecule has 0 aliphatic carbocycles. The third-order valence-corrected chi connectivity index (χ3v) is 3.81. The van der Waals surface area contributed by atoms with Crippen LogP contribution in [-0.2, 0) is 20.8 Å². The molecule has 110 valence electrons. The molecule has 1 aliphatic heterocycles. The fourth-order valence-corrected chi connectivity index (χ4v) is 2.64. The maximum Gasteiger partial charge on any atom is 0.308 e. The van der Waals surface area contributed by atoms with Crippen LogP contribution in [0.25, 0.3) is 0 Å². The van der Waals surface area contributed by atoms with Gasteiger partial charge in [0, 0.05) is 19.1 Å². The van der Waals surface area contributed by atoms with E-state index in [0.29, 0.717) is 6.61 Å². The molecule has 1 aromatic carbocycles. The van der Waals surface area contributed by atoms with Crippen LogP contribution >= 0.6 is 0 Å². The van der Waals surface area contributed by atoms with Gasteiger partial charge >= 0.3 is 5.97 Å². The molecular weight excluding hydrogens is 254 g/mol. The molecule has 1 saturated heterocycles. The van der Waals surface area contributed by atoms with Crippen molar-refractivity contribution in [2.24, 2.45) is 5.92 Å². The summed E-state index contributed by atoms with van der Waals surface area (Å²) in [5, 5.41) is 0. The highest BCUT2D eigenvalue weighted by atomic mass is 16.5. The lowest BCUT2D eigenvalue weighted by molar-refractivity contribution is -0.146. The smallest absolute Gasteiger partial charge is 0.308 e. The predicted molar refractivity (Wildman–Crippen MR) is 77.3 cm³/mol. The SMILES string of the molecule is COC(=O)C(C)CC1COCCN1Cc1ccccc1. The average molecular weight is 277 g/mol. The molecule has 0 aromatic heterocycles. The minimum atomic E-state index is -0.143. The van der Waals surface area contributed by atoms with Crippen molar-refractivity contribution in [3.8, 4) is 0 Å². The Labute approximate surface area is 120 Å². The molecule has 2 rings (SSSR count). The summed E-state index contributed by atoms with van der Waals surface area (Å²) in [7, 11) is 1.44. The van der Waals surface area contributed by atoms with Crippen LogP contribution in [-0.4, -0.2) is 43.8 Å². The number of ether oxygens (including phenoxy) is 2. The molecule has 2 unspecified atom stereocenters. The van der Waals surface area contributed by atoms with Gasteiger partial charge in [-0.05, 0) is 12.0 Å². The highest BCUT2D eigenvalue weighted by Crippen LogP contribution is 2.19. The maximum atomic E-state index is 11.6. The Hall–Kier alpha value is -1.39. The number of rotatable bonds is 5. The van der Waals surface area contributed by atoms with Crippen LogP contribution in [0.3, 0.4) is 0 Å². The Balaban J connectivity index is 1.96. The maximum absolute atomic E-state index is 11.6. The van der Waals surface area contributed by atoms with Gasteiger partial charge < -0.3 is 9.47 Å². The molecule has 4 nitrogen and oxygen atoms in total. The Morgan fingerprint density at radius 2 is 2.20 bits per heavy atom. The van der Waals surface area contributed by atoms with Crippen LogP contribution in [0, 0.1) is 5.92 Å². The van der Waals surface area contributed by atoms with E-state index in [1.807, 2.05) is 13.0 Å². The molecule has 20 heavy (non-hydrogen) atoms. The standard InChI is InChI=1S/C16H23NO3/c1-13(16(18)19-2)10-15-12-20-9-8-17(15)11-14-6-4-3-5-7-14/h3-7,13,15H,8-12H2,1-2H3. The minimum absolute atomic E-state index is 0.0926. The molecule has 2 atom stereocenters. The molecule has 0 saturated carbocycles. The first kappa shape index (κ1) is 15.0. The van der Waals surface area contributed by atoms with Crippen molar-refractivity contribution in [2.75, 3.05) is 26.9 Å². The first-order valence-electron chi connectivity index (χ1n) is 7.14. The second-order valence-electron chi connectivity index (χ2n) is 5.34. The zero-order chi connectivity index (χ0) is 14.4. The van der Waals surface area contributed by atoms with Gasteiger partial charge in [0.05, 0.1) is 26.2 Å². The third kappa shape index (κ3) is 4.05. The van der Waals surface area contributed by atoms with Gasteiger partial charge in [0.2, 0.25) is 0 Å². The van der Waals surface area contributed by atoms with Gasteiger partial charge in [-0.15, -0.1) is 0 Å². The lowest BCUT2D eigenvalue weighted by Crippen LogP contribution is -2.46. The van der Waals surface area contributed by atoms with Crippen molar-refractivity contribution in [1.82, 2.24) is 4.90 Å². The third-order valence-electron chi connectivity index (χ3n) is 3.81. The van der Waals surface area contributed by atoms with E-state index in [0.717, 1.165) is 26.1 Å². The van der Waals surface area contributed by atoms with Gasteiger partial charge in [-0.25, -0.2) is 0 Å². The van der Waals surface area contributed by atoms with Crippen molar-refractivity contribution in [3.63, 3.8) is 0 Å². The van der Waals surface area contributed by atoms with Crippen LogP contribution in [0.2, 0.25) is 0 Å². The number of esters is 1. The van der Waals surface area contributed by atoms with Crippen LogP contribution in [0.1, 0.15) is 18.9 Å². The number of morpholine rings is 1. The Bertz CT molecular complexity index is 421. The number of nitrogens with zero attached hydrogens (tertiary/aromatic N) is 1. The minimum Gasteiger partial charge on any atom is -0.469 e. The van der Waals surface area contributed by atoms with E-state index in [1.54, 1.807) is 0 Å². The molecule has 0 bridgehead atoms. The summed E-state index contributed by atoms with van der Waals surface area (Å²) in [6.45, 7) is 5.18. The number of methoxy groups -OCH3 is 1. The zero-order valence-corrected chi connectivity index (χ0v) is 12.2. The van der Waals surface area contributed by atoms with Crippen LogP contribution in [0.5, 0.6) is 0 Å². The first-order chi connectivity index (χ1) is 9.70. The molecular formula is C16H23NO3. The van der Waals surface area contributed by atoms with E-state index in [4.69, 9.17) is 9.47 Å². The Kier molecular flexibility index (Phi) is 5.56. The van der Waals surface area contributed by atoms with Crippen LogP contribution < -0.4 is 0 Å². The molecule has 1 fully saturated rings. The van der Waals surface area contributed by atoms with E-state index in [-0.39, 0.29) is 17.9 Å². The summed E-state index contributed by atoms with van der Waals surface area (Å²) >= 11 is 0. The normalized spacial score (nSPS) is 21.4. The lowest BCUT2D eigenvalue weighted by atomic mass is 10.00. The molecule has 0 N–H and O–H groups in total. The second kappa shape index (κ2) is 7.41. The highest BCUT2D eigenvalue weighted by Gasteiger charge is 2.27. The van der Waals surface area contributed by atoms with Crippen LogP contribution in [0.15, 0.2) is 30.3 Å². The van der Waals surface area contributed by atoms with E-state index in [9.17, 15) is 4.79 Å². The van der Waals surface area contributed by atoms with Crippen molar-refractivity contribution >= 4 is 5.97 Å². The van der Waals surface area contributed by atoms with E-state index < -0.39 is 0 Å². The van der Waals surface area contributed by atoms with Gasteiger partial charge in [-0.3, -0.25) is 9.69 Å². The molecule has 1 heterocycles. The molecule has 0 amide bonds. The van der Waals surface area contributed by atoms with Crippen molar-refractivity contribution in [2.45, 2.75) is 25.9 Å². The molecule has 0 spiro atoms. The number of benzene rings is 1. The Morgan fingerprint density at radius 1 is 1.45 bits per heavy atom. The van der Waals surface area contributed by atoms with Gasteiger partial charge in [0.25, 0.3) is 0 Å². The molecule has 4 heteroatoms. The van der Waals surface area contributed by atoms with E-state index in [2.05, 4.69) is 29.2 Å². The quantitative estimate of drug-likeness (QED) is 0.773. The summed E-state index contributed by atoms with van der Waals surface area (Å²) in [5.74, 6) is -0.236. The molecule has 1 aromatic rings. The van der Waals surface area contributed by atoms with Gasteiger partial charge in [-0.1, -0.05) is 37.3 Å². The highest BCUT2D eigenvalue weighted by molar-refractivity contribution is 5.71. The first-order valence-corrected chi connectivity index (χ1v) is 7.14. The summed E-state index contributed by atoms with van der Waals surface area (Å²) in [4.78, 5) is 14.0. The zero-order valence-electron chi connectivity index (χ0n) is 12.2. The largest absolute Gasteiger partial charge is 0.469 e. The summed E-state index contributed by atoms with van der Waals surface area (Å²) in [6.07, 6.45) is 0.777. The summed E-state index contributed by atoms with van der Waals surface area (Å²) < 4.78 is 10.4. The van der Waals surface area contributed by atoms with Gasteiger partial charge in [0.1, 0.15) is 0 Å². The fraction of sp³-hybridized carbons (Fsp3) is 0.562. The summed E-state index contributed by atoms with van der Waals surface area (Å²) in [6, 6.07) is 10.7. The Morgan fingerprint density at radius 3 is 2.90 bits per heavy atom. The molecule has 0 radical (unpaired) electrons. The number of carbonyl (C=O) groups is 1. The van der Waals surface area contributed by atoms with E-state index >= 15 is 0 Å².